The fourth-order valence-electron chi connectivity index (χ4n) is 4.51. The van der Waals surface area contributed by atoms with Crippen molar-refractivity contribution >= 4 is 11.8 Å². The monoisotopic (exact) mass is 462 g/mol. The fraction of sp³-hybridized carbons (Fsp3) is 0.440. The Labute approximate surface area is 198 Å². The van der Waals surface area contributed by atoms with Crippen molar-refractivity contribution in [3.63, 3.8) is 0 Å². The molecule has 1 fully saturated rings. The van der Waals surface area contributed by atoms with Crippen molar-refractivity contribution in [1.82, 2.24) is 29.8 Å². The molecule has 2 aliphatic rings. The molecule has 0 atom stereocenters. The first kappa shape index (κ1) is 22.2. The van der Waals surface area contributed by atoms with E-state index in [0.29, 0.717) is 31.7 Å². The third-order valence-corrected chi connectivity index (χ3v) is 6.47. The summed E-state index contributed by atoms with van der Waals surface area (Å²) >= 11 is 0. The molecule has 0 saturated heterocycles. The van der Waals surface area contributed by atoms with Gasteiger partial charge in [-0.1, -0.05) is 12.1 Å². The van der Waals surface area contributed by atoms with Crippen LogP contribution in [0.4, 0.5) is 0 Å². The Hall–Kier alpha value is -3.62. The molecule has 2 amide bonds. The molecule has 9 nitrogen and oxygen atoms in total. The lowest BCUT2D eigenvalue weighted by atomic mass is 10.0. The number of carbonyl (C=O) groups excluding carboxylic acids is 2. The second-order valence-corrected chi connectivity index (χ2v) is 9.18. The zero-order valence-electron chi connectivity index (χ0n) is 19.9. The highest BCUT2D eigenvalue weighted by Crippen LogP contribution is 2.26. The molecule has 9 heteroatoms. The Kier molecular flexibility index (Phi) is 5.85. The first-order valence-electron chi connectivity index (χ1n) is 11.7. The Morgan fingerprint density at radius 1 is 1.15 bits per heavy atom. The van der Waals surface area contributed by atoms with E-state index in [2.05, 4.69) is 10.4 Å². The molecule has 5 rings (SSSR count). The van der Waals surface area contributed by atoms with Gasteiger partial charge in [0, 0.05) is 42.5 Å². The maximum Gasteiger partial charge on any atom is 0.272 e. The van der Waals surface area contributed by atoms with Crippen LogP contribution in [0.2, 0.25) is 0 Å². The van der Waals surface area contributed by atoms with Gasteiger partial charge in [0.15, 0.2) is 5.69 Å². The van der Waals surface area contributed by atoms with Gasteiger partial charge in [-0.3, -0.25) is 19.0 Å². The second-order valence-electron chi connectivity index (χ2n) is 9.18. The predicted octanol–water partition coefficient (Wildman–Crippen LogP) is 2.23. The Morgan fingerprint density at radius 3 is 2.68 bits per heavy atom. The number of nitrogens with one attached hydrogen (secondary N) is 1. The summed E-state index contributed by atoms with van der Waals surface area (Å²) in [6, 6.07) is 10.1. The number of fused-ring (bicyclic) bond motifs is 1. The molecule has 1 saturated carbocycles. The van der Waals surface area contributed by atoms with E-state index >= 15 is 0 Å². The van der Waals surface area contributed by atoms with Crippen LogP contribution in [0.25, 0.3) is 0 Å². The minimum Gasteiger partial charge on any atom is -0.497 e. The van der Waals surface area contributed by atoms with E-state index < -0.39 is 0 Å². The molecule has 1 aromatic carbocycles. The van der Waals surface area contributed by atoms with Crippen LogP contribution in [0.5, 0.6) is 5.75 Å². The topological polar surface area (TPSA) is 94.3 Å². The number of benzene rings is 1. The molecule has 3 heterocycles. The summed E-state index contributed by atoms with van der Waals surface area (Å²) in [6.45, 7) is 5.55. The van der Waals surface area contributed by atoms with Gasteiger partial charge in [-0.15, -0.1) is 0 Å². The number of rotatable bonds is 7. The molecule has 0 spiro atoms. The standard InChI is InChI=1S/C25H30N6O3/c1-16-11-17(2)30(27-16)15-23(32)29-10-9-22-21(14-29)24(25(33)26-19-7-8-19)28-31(22)13-18-5-4-6-20(12-18)34-3/h4-6,11-12,19H,7-10,13-15H2,1-3H3,(H,26,33). The smallest absolute Gasteiger partial charge is 0.272 e. The average Bonchev–Trinajstić information content (AvgIpc) is 3.49. The maximum absolute atomic E-state index is 13.1. The predicted molar refractivity (Wildman–Crippen MR) is 126 cm³/mol. The number of carbonyl (C=O) groups is 2. The van der Waals surface area contributed by atoms with Crippen molar-refractivity contribution in [2.45, 2.75) is 58.8 Å². The molecule has 1 N–H and O–H groups in total. The second kappa shape index (κ2) is 8.96. The molecule has 178 valence electrons. The molecular weight excluding hydrogens is 432 g/mol. The number of hydrogen-bond acceptors (Lipinski definition) is 5. The largest absolute Gasteiger partial charge is 0.497 e. The number of hydrogen-bond donors (Lipinski definition) is 1. The molecule has 34 heavy (non-hydrogen) atoms. The van der Waals surface area contributed by atoms with E-state index in [9.17, 15) is 9.59 Å². The van der Waals surface area contributed by atoms with Gasteiger partial charge in [0.05, 0.1) is 19.3 Å². The molecule has 3 aromatic rings. The number of methoxy groups -OCH3 is 1. The van der Waals surface area contributed by atoms with Crippen LogP contribution < -0.4 is 10.1 Å². The third-order valence-electron chi connectivity index (χ3n) is 6.47. The zero-order chi connectivity index (χ0) is 23.8. The van der Waals surface area contributed by atoms with Crippen LogP contribution in [-0.4, -0.2) is 56.0 Å². The SMILES string of the molecule is COc1cccc(Cn2nc(C(=O)NC3CC3)c3c2CCN(C(=O)Cn2nc(C)cc2C)C3)c1. The lowest BCUT2D eigenvalue weighted by Gasteiger charge is -2.28. The van der Waals surface area contributed by atoms with Crippen LogP contribution in [0.15, 0.2) is 30.3 Å². The minimum atomic E-state index is -0.156. The fourth-order valence-corrected chi connectivity index (χ4v) is 4.51. The van der Waals surface area contributed by atoms with E-state index in [1.165, 1.54) is 0 Å². The number of nitrogens with zero attached hydrogens (tertiary/aromatic N) is 5. The average molecular weight is 463 g/mol. The highest BCUT2D eigenvalue weighted by Gasteiger charge is 2.32. The van der Waals surface area contributed by atoms with Crippen molar-refractivity contribution < 1.29 is 14.3 Å². The maximum atomic E-state index is 13.1. The van der Waals surface area contributed by atoms with Crippen LogP contribution in [0.1, 0.15) is 51.5 Å². The summed E-state index contributed by atoms with van der Waals surface area (Å²) in [4.78, 5) is 27.9. The van der Waals surface area contributed by atoms with Crippen molar-refractivity contribution in [3.8, 4) is 5.75 Å². The molecule has 0 radical (unpaired) electrons. The summed E-state index contributed by atoms with van der Waals surface area (Å²) in [6.07, 6.45) is 2.66. The van der Waals surface area contributed by atoms with Gasteiger partial charge in [0.25, 0.3) is 5.91 Å². The first-order chi connectivity index (χ1) is 16.4. The van der Waals surface area contributed by atoms with Gasteiger partial charge < -0.3 is 15.0 Å². The van der Waals surface area contributed by atoms with E-state index in [-0.39, 0.29) is 24.4 Å². The van der Waals surface area contributed by atoms with Gasteiger partial charge in [0.2, 0.25) is 5.91 Å². The molecule has 2 aromatic heterocycles. The highest BCUT2D eigenvalue weighted by atomic mass is 16.5. The van der Waals surface area contributed by atoms with E-state index in [1.54, 1.807) is 11.8 Å². The lowest BCUT2D eigenvalue weighted by Crippen LogP contribution is -2.39. The number of aryl methyl sites for hydroxylation is 2. The van der Waals surface area contributed by atoms with Crippen molar-refractivity contribution in [3.05, 3.63) is 64.2 Å². The quantitative estimate of drug-likeness (QED) is 0.581. The lowest BCUT2D eigenvalue weighted by molar-refractivity contribution is -0.133. The highest BCUT2D eigenvalue weighted by molar-refractivity contribution is 5.94. The Balaban J connectivity index is 1.41. The van der Waals surface area contributed by atoms with Crippen LogP contribution in [0.3, 0.4) is 0 Å². The minimum absolute atomic E-state index is 0.00838. The van der Waals surface area contributed by atoms with Gasteiger partial charge in [-0.25, -0.2) is 0 Å². The Morgan fingerprint density at radius 2 is 1.97 bits per heavy atom. The van der Waals surface area contributed by atoms with Crippen LogP contribution in [-0.2, 0) is 30.8 Å². The molecular formula is C25H30N6O3. The molecule has 0 bridgehead atoms. The van der Waals surface area contributed by atoms with Crippen molar-refractivity contribution in [2.75, 3.05) is 13.7 Å². The summed E-state index contributed by atoms with van der Waals surface area (Å²) in [5.74, 6) is 0.619. The summed E-state index contributed by atoms with van der Waals surface area (Å²) in [5.41, 5.74) is 5.17. The summed E-state index contributed by atoms with van der Waals surface area (Å²) in [5, 5.41) is 12.2. The van der Waals surface area contributed by atoms with Crippen molar-refractivity contribution in [2.24, 2.45) is 0 Å². The number of ether oxygens (including phenoxy) is 1. The number of aromatic nitrogens is 4. The normalized spacial score (nSPS) is 15.2. The van der Waals surface area contributed by atoms with E-state index in [1.807, 2.05) is 53.8 Å². The number of amides is 2. The molecule has 1 aliphatic heterocycles. The summed E-state index contributed by atoms with van der Waals surface area (Å²) in [7, 11) is 1.65. The van der Waals surface area contributed by atoms with Crippen molar-refractivity contribution in [1.29, 1.82) is 0 Å². The van der Waals surface area contributed by atoms with E-state index in [4.69, 9.17) is 9.84 Å². The van der Waals surface area contributed by atoms with Gasteiger partial charge in [0.1, 0.15) is 12.3 Å². The van der Waals surface area contributed by atoms with Gasteiger partial charge >= 0.3 is 0 Å². The van der Waals surface area contributed by atoms with Gasteiger partial charge in [-0.05, 0) is 50.5 Å². The van der Waals surface area contributed by atoms with Crippen LogP contribution >= 0.6 is 0 Å². The first-order valence-corrected chi connectivity index (χ1v) is 11.7. The molecule has 0 unspecified atom stereocenters. The van der Waals surface area contributed by atoms with E-state index in [0.717, 1.165) is 46.8 Å². The zero-order valence-corrected chi connectivity index (χ0v) is 19.9. The van der Waals surface area contributed by atoms with Gasteiger partial charge in [-0.2, -0.15) is 10.2 Å². The van der Waals surface area contributed by atoms with Crippen LogP contribution in [0, 0.1) is 13.8 Å². The third kappa shape index (κ3) is 4.55. The Bertz CT molecular complexity index is 1240. The summed E-state index contributed by atoms with van der Waals surface area (Å²) < 4.78 is 9.00. The molecule has 1 aliphatic carbocycles.